The summed E-state index contributed by atoms with van der Waals surface area (Å²) in [5, 5.41) is 17.6. The van der Waals surface area contributed by atoms with Crippen LogP contribution >= 0.6 is 0 Å². The Labute approximate surface area is 94.5 Å². The van der Waals surface area contributed by atoms with Crippen molar-refractivity contribution < 1.29 is 9.90 Å². The van der Waals surface area contributed by atoms with Gasteiger partial charge in [0.2, 0.25) is 5.82 Å². The number of carboxylic acids is 1. The maximum absolute atomic E-state index is 11.5. The molecule has 1 aliphatic rings. The second-order valence-corrected chi connectivity index (χ2v) is 3.58. The topological polar surface area (TPSA) is 131 Å². The summed E-state index contributed by atoms with van der Waals surface area (Å²) in [6.45, 7) is 1.10. The summed E-state index contributed by atoms with van der Waals surface area (Å²) in [6.07, 6.45) is 0. The molecule has 1 aromatic rings. The predicted octanol–water partition coefficient (Wildman–Crippen LogP) is -2.68. The maximum Gasteiger partial charge on any atom is 0.342 e. The average Bonchev–Trinajstić information content (AvgIpc) is 2.29. The van der Waals surface area contributed by atoms with E-state index in [0.29, 0.717) is 13.1 Å². The molecule has 2 heterocycles. The molecule has 9 heteroatoms. The zero-order valence-corrected chi connectivity index (χ0v) is 8.77. The van der Waals surface area contributed by atoms with Gasteiger partial charge < -0.3 is 15.3 Å². The molecule has 1 aliphatic heterocycles. The van der Waals surface area contributed by atoms with E-state index in [9.17, 15) is 14.4 Å². The number of anilines is 1. The Morgan fingerprint density at radius 2 is 2.24 bits per heavy atom. The third-order valence-corrected chi connectivity index (χ3v) is 2.49. The predicted molar refractivity (Wildman–Crippen MR) is 57.1 cm³/mol. The lowest BCUT2D eigenvalue weighted by molar-refractivity contribution is -0.138. The highest BCUT2D eigenvalue weighted by Crippen LogP contribution is 2.09. The molecular weight excluding hydrogens is 230 g/mol. The minimum absolute atomic E-state index is 0.0847. The molecule has 0 aromatic carbocycles. The van der Waals surface area contributed by atoms with Gasteiger partial charge in [0.05, 0.1) is 0 Å². The van der Waals surface area contributed by atoms with E-state index in [0.717, 1.165) is 0 Å². The molecule has 0 bridgehead atoms. The van der Waals surface area contributed by atoms with Crippen LogP contribution in [0, 0.1) is 0 Å². The number of aliphatic carboxylic acids is 1. The fraction of sp³-hybridized carbons (Fsp3) is 0.500. The number of aromatic amines is 2. The number of carbonyl (C=O) groups is 1. The van der Waals surface area contributed by atoms with Crippen molar-refractivity contribution in [3.05, 3.63) is 20.8 Å². The van der Waals surface area contributed by atoms with Gasteiger partial charge in [-0.1, -0.05) is 0 Å². The fourth-order valence-corrected chi connectivity index (χ4v) is 1.71. The van der Waals surface area contributed by atoms with Crippen LogP contribution in [0.1, 0.15) is 0 Å². The number of H-pyrrole nitrogens is 2. The normalized spacial score (nSPS) is 20.2. The molecule has 0 spiro atoms. The molecular formula is C8H11N5O4. The zero-order chi connectivity index (χ0) is 12.4. The van der Waals surface area contributed by atoms with Gasteiger partial charge in [-0.3, -0.25) is 9.78 Å². The maximum atomic E-state index is 11.5. The first-order valence-electron chi connectivity index (χ1n) is 4.99. The van der Waals surface area contributed by atoms with Crippen molar-refractivity contribution in [2.75, 3.05) is 24.5 Å². The van der Waals surface area contributed by atoms with Crippen molar-refractivity contribution in [3.8, 4) is 0 Å². The van der Waals surface area contributed by atoms with Crippen LogP contribution in [0.15, 0.2) is 9.59 Å². The Kier molecular flexibility index (Phi) is 2.91. The summed E-state index contributed by atoms with van der Waals surface area (Å²) in [4.78, 5) is 36.7. The number of hydrogen-bond donors (Lipinski definition) is 4. The molecule has 2 rings (SSSR count). The first-order chi connectivity index (χ1) is 8.09. The van der Waals surface area contributed by atoms with Gasteiger partial charge in [0.15, 0.2) is 0 Å². The summed E-state index contributed by atoms with van der Waals surface area (Å²) >= 11 is 0. The first kappa shape index (κ1) is 11.3. The largest absolute Gasteiger partial charge is 0.480 e. The van der Waals surface area contributed by atoms with Gasteiger partial charge in [-0.05, 0) is 0 Å². The second-order valence-electron chi connectivity index (χ2n) is 3.58. The highest BCUT2D eigenvalue weighted by molar-refractivity contribution is 5.78. The SMILES string of the molecule is O=C(O)C1CNCCN1c1n[nH]c(=O)[nH]c1=O. The molecule has 0 aliphatic carbocycles. The molecule has 0 saturated carbocycles. The molecule has 4 N–H and O–H groups in total. The Hall–Kier alpha value is -2.16. The van der Waals surface area contributed by atoms with Crippen molar-refractivity contribution in [1.29, 1.82) is 0 Å². The Morgan fingerprint density at radius 3 is 2.88 bits per heavy atom. The van der Waals surface area contributed by atoms with Crippen molar-refractivity contribution in [2.45, 2.75) is 6.04 Å². The molecule has 1 atom stereocenters. The molecule has 1 saturated heterocycles. The van der Waals surface area contributed by atoms with Crippen LogP contribution in [0.5, 0.6) is 0 Å². The Balaban J connectivity index is 2.39. The first-order valence-corrected chi connectivity index (χ1v) is 4.99. The average molecular weight is 241 g/mol. The monoisotopic (exact) mass is 241 g/mol. The van der Waals surface area contributed by atoms with Gasteiger partial charge in [-0.25, -0.2) is 14.7 Å². The number of rotatable bonds is 2. The highest BCUT2D eigenvalue weighted by Gasteiger charge is 2.31. The van der Waals surface area contributed by atoms with Crippen molar-refractivity contribution >= 4 is 11.8 Å². The molecule has 0 radical (unpaired) electrons. The quantitative estimate of drug-likeness (QED) is 0.443. The Morgan fingerprint density at radius 1 is 1.47 bits per heavy atom. The minimum Gasteiger partial charge on any atom is -0.480 e. The lowest BCUT2D eigenvalue weighted by atomic mass is 10.2. The molecule has 1 unspecified atom stereocenters. The zero-order valence-electron chi connectivity index (χ0n) is 8.77. The van der Waals surface area contributed by atoms with Gasteiger partial charge in [0.1, 0.15) is 6.04 Å². The lowest BCUT2D eigenvalue weighted by Crippen LogP contribution is -2.57. The lowest BCUT2D eigenvalue weighted by Gasteiger charge is -2.33. The Bertz CT molecular complexity index is 535. The summed E-state index contributed by atoms with van der Waals surface area (Å²) in [5.41, 5.74) is -1.41. The van der Waals surface area contributed by atoms with E-state index >= 15 is 0 Å². The molecule has 1 aromatic heterocycles. The van der Waals surface area contributed by atoms with E-state index in [4.69, 9.17) is 5.11 Å². The van der Waals surface area contributed by atoms with Crippen LogP contribution in [0.25, 0.3) is 0 Å². The van der Waals surface area contributed by atoms with Gasteiger partial charge in [-0.2, -0.15) is 0 Å². The number of carboxylic acid groups (broad SMARTS) is 1. The molecule has 17 heavy (non-hydrogen) atoms. The van der Waals surface area contributed by atoms with E-state index in [1.54, 1.807) is 0 Å². The molecule has 0 amide bonds. The van der Waals surface area contributed by atoms with E-state index in [1.165, 1.54) is 4.90 Å². The number of aromatic nitrogens is 3. The summed E-state index contributed by atoms with van der Waals surface area (Å²) in [6, 6.07) is -0.872. The molecule has 92 valence electrons. The van der Waals surface area contributed by atoms with Crippen molar-refractivity contribution in [3.63, 3.8) is 0 Å². The second kappa shape index (κ2) is 4.37. The summed E-state index contributed by atoms with van der Waals surface area (Å²) in [7, 11) is 0. The van der Waals surface area contributed by atoms with Crippen molar-refractivity contribution in [1.82, 2.24) is 20.5 Å². The van der Waals surface area contributed by atoms with Crippen LogP contribution in [0.3, 0.4) is 0 Å². The van der Waals surface area contributed by atoms with Crippen LogP contribution in [-0.2, 0) is 4.79 Å². The van der Waals surface area contributed by atoms with Gasteiger partial charge >= 0.3 is 11.7 Å². The van der Waals surface area contributed by atoms with E-state index in [2.05, 4.69) is 15.5 Å². The van der Waals surface area contributed by atoms with Crippen molar-refractivity contribution in [2.24, 2.45) is 0 Å². The van der Waals surface area contributed by atoms with E-state index in [-0.39, 0.29) is 12.4 Å². The molecule has 1 fully saturated rings. The van der Waals surface area contributed by atoms with Crippen LogP contribution in [0.4, 0.5) is 5.82 Å². The number of piperazine rings is 1. The molecule has 9 nitrogen and oxygen atoms in total. The summed E-state index contributed by atoms with van der Waals surface area (Å²) < 4.78 is 0. The van der Waals surface area contributed by atoms with Gasteiger partial charge in [0.25, 0.3) is 5.56 Å². The van der Waals surface area contributed by atoms with E-state index in [1.807, 2.05) is 4.98 Å². The number of nitrogens with one attached hydrogen (secondary N) is 3. The number of nitrogens with zero attached hydrogens (tertiary/aromatic N) is 2. The highest BCUT2D eigenvalue weighted by atomic mass is 16.4. The summed E-state index contributed by atoms with van der Waals surface area (Å²) in [5.74, 6) is -1.14. The number of hydrogen-bond acceptors (Lipinski definition) is 6. The standard InChI is InChI=1S/C8H11N5O4/c14-6-5(11-12-8(17)10-6)13-2-1-9-3-4(13)7(15)16/h4,9H,1-3H2,(H,15,16)(H2,10,12,14,17). The van der Waals surface area contributed by atoms with Crippen LogP contribution in [0.2, 0.25) is 0 Å². The van der Waals surface area contributed by atoms with Crippen LogP contribution < -0.4 is 21.5 Å². The van der Waals surface area contributed by atoms with E-state index < -0.39 is 23.3 Å². The fourth-order valence-electron chi connectivity index (χ4n) is 1.71. The third kappa shape index (κ3) is 2.18. The smallest absolute Gasteiger partial charge is 0.342 e. The minimum atomic E-state index is -1.05. The van der Waals surface area contributed by atoms with Crippen LogP contribution in [-0.4, -0.2) is 51.9 Å². The van der Waals surface area contributed by atoms with Gasteiger partial charge in [0, 0.05) is 19.6 Å². The van der Waals surface area contributed by atoms with Gasteiger partial charge in [-0.15, -0.1) is 5.10 Å². The third-order valence-electron chi connectivity index (χ3n) is 2.49.